The molecule has 6 aromatic carbocycles. The second-order valence-corrected chi connectivity index (χ2v) is 11.0. The van der Waals surface area contributed by atoms with Crippen molar-refractivity contribution in [3.05, 3.63) is 162 Å². The average Bonchev–Trinajstić information content (AvgIpc) is 3.07. The largest absolute Gasteiger partial charge is 0.462 e. The van der Waals surface area contributed by atoms with Gasteiger partial charge in [-0.05, 0) is 103 Å². The summed E-state index contributed by atoms with van der Waals surface area (Å²) >= 11 is 0. The Hall–Kier alpha value is -5.41. The second kappa shape index (κ2) is 12.8. The number of benzene rings is 6. The molecule has 0 aliphatic rings. The average molecular weight is 574 g/mol. The molecule has 0 bridgehead atoms. The van der Waals surface area contributed by atoms with Crippen LogP contribution in [0.15, 0.2) is 146 Å². The van der Waals surface area contributed by atoms with Gasteiger partial charge in [0.05, 0.1) is 12.2 Å². The third kappa shape index (κ3) is 6.33. The number of anilines is 3. The summed E-state index contributed by atoms with van der Waals surface area (Å²) in [4.78, 5) is 14.4. The van der Waals surface area contributed by atoms with Crippen molar-refractivity contribution in [3.8, 4) is 33.4 Å². The zero-order valence-corrected chi connectivity index (χ0v) is 25.3. The molecule has 0 aliphatic heterocycles. The number of ether oxygens (including phenoxy) is 1. The van der Waals surface area contributed by atoms with Gasteiger partial charge in [-0.15, -0.1) is 0 Å². The van der Waals surface area contributed by atoms with Crippen molar-refractivity contribution in [3.63, 3.8) is 0 Å². The summed E-state index contributed by atoms with van der Waals surface area (Å²) in [7, 11) is 0. The molecule has 0 saturated carbocycles. The maximum atomic E-state index is 12.1. The van der Waals surface area contributed by atoms with Crippen molar-refractivity contribution >= 4 is 23.0 Å². The fourth-order valence-corrected chi connectivity index (χ4v) is 5.36. The number of carbonyl (C=O) groups excluding carboxylic acids is 1. The number of aryl methyl sites for hydroxylation is 2. The minimum Gasteiger partial charge on any atom is -0.462 e. The smallest absolute Gasteiger partial charge is 0.338 e. The third-order valence-corrected chi connectivity index (χ3v) is 7.88. The normalized spacial score (nSPS) is 10.8. The highest BCUT2D eigenvalue weighted by Gasteiger charge is 2.14. The predicted octanol–water partition coefficient (Wildman–Crippen LogP) is 11.0. The van der Waals surface area contributed by atoms with Gasteiger partial charge in [-0.2, -0.15) is 0 Å². The maximum Gasteiger partial charge on any atom is 0.338 e. The zero-order chi connectivity index (χ0) is 30.5. The Balaban J connectivity index is 1.33. The standard InChI is InChI=1S/C41H35NO2/c1-4-44-41(43)37-15-13-33(14-16-37)36-21-27-40(28-22-36)42(38-23-17-34(18-24-38)31-9-5-29(2)6-10-31)39-25-19-35(20-26-39)32-11-7-30(3)8-12-32/h5-28H,4H2,1-3H3. The van der Waals surface area contributed by atoms with E-state index < -0.39 is 0 Å². The molecule has 0 radical (unpaired) electrons. The Morgan fingerprint density at radius 2 is 0.727 bits per heavy atom. The molecule has 0 atom stereocenters. The number of nitrogens with zero attached hydrogens (tertiary/aromatic N) is 1. The fraction of sp³-hybridized carbons (Fsp3) is 0.0976. The van der Waals surface area contributed by atoms with Crippen molar-refractivity contribution in [1.29, 1.82) is 0 Å². The van der Waals surface area contributed by atoms with Gasteiger partial charge in [0, 0.05) is 17.1 Å². The summed E-state index contributed by atoms with van der Waals surface area (Å²) in [6.45, 7) is 6.40. The Morgan fingerprint density at radius 1 is 0.455 bits per heavy atom. The summed E-state index contributed by atoms with van der Waals surface area (Å²) in [5, 5.41) is 0. The Morgan fingerprint density at radius 3 is 1.02 bits per heavy atom. The second-order valence-electron chi connectivity index (χ2n) is 11.0. The molecule has 44 heavy (non-hydrogen) atoms. The van der Waals surface area contributed by atoms with E-state index in [2.05, 4.69) is 140 Å². The van der Waals surface area contributed by atoms with Gasteiger partial charge in [0.1, 0.15) is 0 Å². The lowest BCUT2D eigenvalue weighted by Crippen LogP contribution is -2.09. The SMILES string of the molecule is CCOC(=O)c1ccc(-c2ccc(N(c3ccc(-c4ccc(C)cc4)cc3)c3ccc(-c4ccc(C)cc4)cc3)cc2)cc1. The minimum atomic E-state index is -0.299. The number of hydrogen-bond acceptors (Lipinski definition) is 3. The van der Waals surface area contributed by atoms with Gasteiger partial charge >= 0.3 is 5.97 Å². The first-order chi connectivity index (χ1) is 21.5. The molecule has 0 aliphatic carbocycles. The van der Waals surface area contributed by atoms with Crippen LogP contribution < -0.4 is 4.90 Å². The molecule has 0 fully saturated rings. The molecule has 3 heteroatoms. The third-order valence-electron chi connectivity index (χ3n) is 7.88. The van der Waals surface area contributed by atoms with E-state index in [9.17, 15) is 4.79 Å². The van der Waals surface area contributed by atoms with Gasteiger partial charge in [-0.3, -0.25) is 0 Å². The molecule has 216 valence electrons. The van der Waals surface area contributed by atoms with E-state index in [0.717, 1.165) is 28.2 Å². The lowest BCUT2D eigenvalue weighted by atomic mass is 10.0. The van der Waals surface area contributed by atoms with Gasteiger partial charge in [-0.25, -0.2) is 4.79 Å². The van der Waals surface area contributed by atoms with Crippen LogP contribution in [-0.2, 0) is 4.74 Å². The van der Waals surface area contributed by atoms with Crippen LogP contribution in [0.3, 0.4) is 0 Å². The molecule has 0 aromatic heterocycles. The molecule has 0 unspecified atom stereocenters. The quantitative estimate of drug-likeness (QED) is 0.170. The van der Waals surface area contributed by atoms with Gasteiger partial charge in [0.2, 0.25) is 0 Å². The van der Waals surface area contributed by atoms with Crippen LogP contribution in [0.5, 0.6) is 0 Å². The van der Waals surface area contributed by atoms with Crippen molar-refractivity contribution < 1.29 is 9.53 Å². The van der Waals surface area contributed by atoms with Crippen LogP contribution in [0.4, 0.5) is 17.1 Å². The molecule has 0 heterocycles. The molecular formula is C41H35NO2. The molecule has 6 aromatic rings. The summed E-state index contributed by atoms with van der Waals surface area (Å²) < 4.78 is 5.13. The van der Waals surface area contributed by atoms with Crippen LogP contribution in [0, 0.1) is 13.8 Å². The zero-order valence-electron chi connectivity index (χ0n) is 25.3. The Bertz CT molecular complexity index is 1750. The highest BCUT2D eigenvalue weighted by molar-refractivity contribution is 5.90. The van der Waals surface area contributed by atoms with Crippen molar-refractivity contribution in [2.75, 3.05) is 11.5 Å². The lowest BCUT2D eigenvalue weighted by molar-refractivity contribution is 0.0526. The highest BCUT2D eigenvalue weighted by Crippen LogP contribution is 2.37. The first-order valence-corrected chi connectivity index (χ1v) is 15.0. The molecule has 6 rings (SSSR count). The van der Waals surface area contributed by atoms with E-state index in [-0.39, 0.29) is 5.97 Å². The van der Waals surface area contributed by atoms with E-state index in [1.54, 1.807) is 0 Å². The Kier molecular flexibility index (Phi) is 8.38. The highest BCUT2D eigenvalue weighted by atomic mass is 16.5. The van der Waals surface area contributed by atoms with E-state index in [0.29, 0.717) is 12.2 Å². The number of esters is 1. The van der Waals surface area contributed by atoms with Crippen LogP contribution in [0.25, 0.3) is 33.4 Å². The van der Waals surface area contributed by atoms with Crippen LogP contribution in [-0.4, -0.2) is 12.6 Å². The number of rotatable bonds is 8. The molecule has 0 amide bonds. The first kappa shape index (κ1) is 28.7. The predicted molar refractivity (Wildman–Crippen MR) is 183 cm³/mol. The number of hydrogen-bond donors (Lipinski definition) is 0. The van der Waals surface area contributed by atoms with E-state index in [1.165, 1.54) is 33.4 Å². The van der Waals surface area contributed by atoms with Crippen molar-refractivity contribution in [1.82, 2.24) is 0 Å². The monoisotopic (exact) mass is 573 g/mol. The fourth-order valence-electron chi connectivity index (χ4n) is 5.36. The van der Waals surface area contributed by atoms with Gasteiger partial charge in [0.15, 0.2) is 0 Å². The van der Waals surface area contributed by atoms with Crippen LogP contribution in [0.2, 0.25) is 0 Å². The summed E-state index contributed by atoms with van der Waals surface area (Å²) in [5.41, 5.74) is 13.2. The maximum absolute atomic E-state index is 12.1. The van der Waals surface area contributed by atoms with Crippen molar-refractivity contribution in [2.45, 2.75) is 20.8 Å². The first-order valence-electron chi connectivity index (χ1n) is 15.0. The van der Waals surface area contributed by atoms with E-state index in [1.807, 2.05) is 31.2 Å². The molecular weight excluding hydrogens is 538 g/mol. The van der Waals surface area contributed by atoms with Gasteiger partial charge in [0.25, 0.3) is 0 Å². The van der Waals surface area contributed by atoms with Crippen LogP contribution in [0.1, 0.15) is 28.4 Å². The van der Waals surface area contributed by atoms with E-state index >= 15 is 0 Å². The van der Waals surface area contributed by atoms with Crippen LogP contribution >= 0.6 is 0 Å². The molecule has 3 nitrogen and oxygen atoms in total. The Labute approximate surface area is 260 Å². The molecule has 0 spiro atoms. The number of carbonyl (C=O) groups is 1. The van der Waals surface area contributed by atoms with Crippen molar-refractivity contribution in [2.24, 2.45) is 0 Å². The summed E-state index contributed by atoms with van der Waals surface area (Å²) in [5.74, 6) is -0.299. The van der Waals surface area contributed by atoms with Gasteiger partial charge in [-0.1, -0.05) is 108 Å². The lowest BCUT2D eigenvalue weighted by Gasteiger charge is -2.26. The van der Waals surface area contributed by atoms with Gasteiger partial charge < -0.3 is 9.64 Å². The molecule has 0 N–H and O–H groups in total. The summed E-state index contributed by atoms with van der Waals surface area (Å²) in [6.07, 6.45) is 0. The summed E-state index contributed by atoms with van der Waals surface area (Å²) in [6, 6.07) is 50.9. The molecule has 0 saturated heterocycles. The minimum absolute atomic E-state index is 0.299. The van der Waals surface area contributed by atoms with E-state index in [4.69, 9.17) is 4.74 Å². The topological polar surface area (TPSA) is 29.5 Å².